The molecule has 1 heterocycles. The lowest BCUT2D eigenvalue weighted by Crippen LogP contribution is -2.34. The highest BCUT2D eigenvalue weighted by Gasteiger charge is 2.44. The summed E-state index contributed by atoms with van der Waals surface area (Å²) in [5.41, 5.74) is 0.733. The summed E-state index contributed by atoms with van der Waals surface area (Å²) < 4.78 is 17.6. The van der Waals surface area contributed by atoms with Crippen LogP contribution in [0.1, 0.15) is 38.5 Å². The minimum atomic E-state index is -0.472. The van der Waals surface area contributed by atoms with Crippen molar-refractivity contribution in [3.63, 3.8) is 0 Å². The number of para-hydroxylation sites is 1. The molecule has 136 valence electrons. The zero-order valence-electron chi connectivity index (χ0n) is 14.7. The molecule has 1 fully saturated rings. The lowest BCUT2D eigenvalue weighted by atomic mass is 10.2. The van der Waals surface area contributed by atoms with E-state index in [1.807, 2.05) is 48.5 Å². The normalized spacial score (nSPS) is 16.6. The van der Waals surface area contributed by atoms with E-state index >= 15 is 0 Å². The van der Waals surface area contributed by atoms with Crippen LogP contribution in [-0.2, 0) is 4.79 Å². The van der Waals surface area contributed by atoms with Gasteiger partial charge < -0.3 is 19.5 Å². The Morgan fingerprint density at radius 3 is 2.62 bits per heavy atom. The Labute approximate surface area is 153 Å². The van der Waals surface area contributed by atoms with E-state index < -0.39 is 5.79 Å². The molecular weight excluding hydrogens is 330 g/mol. The summed E-state index contributed by atoms with van der Waals surface area (Å²) in [7, 11) is 0. The highest BCUT2D eigenvalue weighted by Crippen LogP contribution is 2.47. The first-order valence-corrected chi connectivity index (χ1v) is 9.22. The second-order valence-corrected chi connectivity index (χ2v) is 6.80. The van der Waals surface area contributed by atoms with Gasteiger partial charge in [-0.05, 0) is 43.5 Å². The Morgan fingerprint density at radius 1 is 1.04 bits per heavy atom. The summed E-state index contributed by atoms with van der Waals surface area (Å²) >= 11 is 0. The Hall–Kier alpha value is -2.69. The van der Waals surface area contributed by atoms with E-state index in [0.29, 0.717) is 19.4 Å². The van der Waals surface area contributed by atoms with Crippen molar-refractivity contribution >= 4 is 11.6 Å². The lowest BCUT2D eigenvalue weighted by molar-refractivity contribution is -0.116. The van der Waals surface area contributed by atoms with Gasteiger partial charge in [0.2, 0.25) is 5.91 Å². The van der Waals surface area contributed by atoms with Gasteiger partial charge in [-0.1, -0.05) is 18.2 Å². The van der Waals surface area contributed by atoms with Crippen LogP contribution >= 0.6 is 0 Å². The number of nitrogens with one attached hydrogen (secondary N) is 1. The van der Waals surface area contributed by atoms with Crippen LogP contribution in [0.4, 0.5) is 5.69 Å². The molecule has 1 saturated carbocycles. The van der Waals surface area contributed by atoms with Gasteiger partial charge in [0.1, 0.15) is 5.75 Å². The van der Waals surface area contributed by atoms with Crippen LogP contribution in [0, 0.1) is 0 Å². The number of benzene rings is 2. The smallest absolute Gasteiger partial charge is 0.251 e. The maximum Gasteiger partial charge on any atom is 0.251 e. The minimum absolute atomic E-state index is 0.0314. The van der Waals surface area contributed by atoms with Crippen LogP contribution in [0.5, 0.6) is 17.2 Å². The third kappa shape index (κ3) is 3.77. The molecule has 0 radical (unpaired) electrons. The van der Waals surface area contributed by atoms with Gasteiger partial charge in [-0.2, -0.15) is 0 Å². The Bertz CT molecular complexity index is 769. The average molecular weight is 353 g/mol. The van der Waals surface area contributed by atoms with Gasteiger partial charge in [-0.15, -0.1) is 0 Å². The monoisotopic (exact) mass is 353 g/mol. The van der Waals surface area contributed by atoms with Gasteiger partial charge >= 0.3 is 0 Å². The number of hydrogen-bond acceptors (Lipinski definition) is 4. The fourth-order valence-electron chi connectivity index (χ4n) is 3.45. The first-order valence-electron chi connectivity index (χ1n) is 9.22. The Balaban J connectivity index is 1.25. The standard InChI is InChI=1S/C21H23NO4/c23-20(9-6-14-24-17-7-2-1-3-8-17)22-16-10-11-18-19(15-16)26-21(25-18)12-4-5-13-21/h1-3,7-8,10-11,15H,4-6,9,12-14H2,(H,22,23). The highest BCUT2D eigenvalue weighted by molar-refractivity contribution is 5.91. The molecule has 2 aromatic rings. The van der Waals surface area contributed by atoms with Crippen molar-refractivity contribution in [3.8, 4) is 17.2 Å². The topological polar surface area (TPSA) is 56.8 Å². The molecule has 5 heteroatoms. The molecule has 1 aliphatic carbocycles. The van der Waals surface area contributed by atoms with Gasteiger partial charge in [0.15, 0.2) is 11.5 Å². The van der Waals surface area contributed by atoms with Crippen molar-refractivity contribution in [2.24, 2.45) is 0 Å². The number of amides is 1. The number of anilines is 1. The molecule has 0 atom stereocenters. The molecular formula is C21H23NO4. The second kappa shape index (κ2) is 7.28. The van der Waals surface area contributed by atoms with E-state index in [0.717, 1.165) is 48.6 Å². The number of ether oxygens (including phenoxy) is 3. The van der Waals surface area contributed by atoms with Crippen LogP contribution < -0.4 is 19.5 Å². The molecule has 26 heavy (non-hydrogen) atoms. The third-order valence-electron chi connectivity index (χ3n) is 4.74. The van der Waals surface area contributed by atoms with E-state index in [1.165, 1.54) is 0 Å². The Morgan fingerprint density at radius 2 is 1.81 bits per heavy atom. The molecule has 1 spiro atoms. The number of carbonyl (C=O) groups excluding carboxylic acids is 1. The molecule has 0 bridgehead atoms. The molecule has 4 rings (SSSR count). The number of rotatable bonds is 6. The van der Waals surface area contributed by atoms with Gasteiger partial charge in [-0.3, -0.25) is 4.79 Å². The van der Waals surface area contributed by atoms with Gasteiger partial charge in [0.05, 0.1) is 6.61 Å². The van der Waals surface area contributed by atoms with Crippen molar-refractivity contribution in [3.05, 3.63) is 48.5 Å². The van der Waals surface area contributed by atoms with Crippen molar-refractivity contribution in [2.45, 2.75) is 44.3 Å². The van der Waals surface area contributed by atoms with E-state index in [4.69, 9.17) is 14.2 Å². The molecule has 5 nitrogen and oxygen atoms in total. The maximum absolute atomic E-state index is 12.1. The van der Waals surface area contributed by atoms with E-state index in [2.05, 4.69) is 5.32 Å². The zero-order valence-corrected chi connectivity index (χ0v) is 14.7. The first kappa shape index (κ1) is 16.8. The largest absolute Gasteiger partial charge is 0.494 e. The first-order chi connectivity index (χ1) is 12.7. The van der Waals surface area contributed by atoms with Crippen LogP contribution in [0.2, 0.25) is 0 Å². The fourth-order valence-corrected chi connectivity index (χ4v) is 3.45. The minimum Gasteiger partial charge on any atom is -0.494 e. The molecule has 0 aromatic heterocycles. The maximum atomic E-state index is 12.1. The van der Waals surface area contributed by atoms with Gasteiger partial charge in [-0.25, -0.2) is 0 Å². The summed E-state index contributed by atoms with van der Waals surface area (Å²) in [6.07, 6.45) is 5.17. The predicted octanol–water partition coefficient (Wildman–Crippen LogP) is 4.53. The van der Waals surface area contributed by atoms with Crippen molar-refractivity contribution in [1.29, 1.82) is 0 Å². The van der Waals surface area contributed by atoms with Gasteiger partial charge in [0.25, 0.3) is 5.79 Å². The van der Waals surface area contributed by atoms with E-state index in [-0.39, 0.29) is 5.91 Å². The van der Waals surface area contributed by atoms with Crippen LogP contribution in [0.25, 0.3) is 0 Å². The molecule has 1 aliphatic heterocycles. The molecule has 0 unspecified atom stereocenters. The zero-order chi connectivity index (χ0) is 17.8. The van der Waals surface area contributed by atoms with Crippen LogP contribution in [-0.4, -0.2) is 18.3 Å². The van der Waals surface area contributed by atoms with Gasteiger partial charge in [0, 0.05) is 31.0 Å². The SMILES string of the molecule is O=C(CCCOc1ccccc1)Nc1ccc2c(c1)OC1(CCCC1)O2. The van der Waals surface area contributed by atoms with E-state index in [1.54, 1.807) is 0 Å². The third-order valence-corrected chi connectivity index (χ3v) is 4.74. The van der Waals surface area contributed by atoms with Crippen LogP contribution in [0.15, 0.2) is 48.5 Å². The summed E-state index contributed by atoms with van der Waals surface area (Å²) in [4.78, 5) is 12.1. The van der Waals surface area contributed by atoms with Crippen molar-refractivity contribution < 1.29 is 19.0 Å². The molecule has 2 aromatic carbocycles. The summed E-state index contributed by atoms with van der Waals surface area (Å²) in [6.45, 7) is 0.515. The second-order valence-electron chi connectivity index (χ2n) is 6.80. The molecule has 2 aliphatic rings. The quantitative estimate of drug-likeness (QED) is 0.776. The summed E-state index contributed by atoms with van der Waals surface area (Å²) in [5.74, 6) is 1.80. The van der Waals surface area contributed by atoms with Crippen molar-refractivity contribution in [1.82, 2.24) is 0 Å². The molecule has 1 amide bonds. The van der Waals surface area contributed by atoms with Crippen LogP contribution in [0.3, 0.4) is 0 Å². The number of carbonyl (C=O) groups is 1. The number of hydrogen-bond donors (Lipinski definition) is 1. The number of fused-ring (bicyclic) bond motifs is 1. The predicted molar refractivity (Wildman–Crippen MR) is 98.7 cm³/mol. The Kier molecular flexibility index (Phi) is 4.69. The molecule has 1 N–H and O–H groups in total. The summed E-state index contributed by atoms with van der Waals surface area (Å²) in [5, 5.41) is 2.92. The van der Waals surface area contributed by atoms with Crippen molar-refractivity contribution in [2.75, 3.05) is 11.9 Å². The molecule has 0 saturated heterocycles. The van der Waals surface area contributed by atoms with E-state index in [9.17, 15) is 4.79 Å². The average Bonchev–Trinajstić information content (AvgIpc) is 3.25. The summed E-state index contributed by atoms with van der Waals surface area (Å²) in [6, 6.07) is 15.2. The fraction of sp³-hybridized carbons (Fsp3) is 0.381. The lowest BCUT2D eigenvalue weighted by Gasteiger charge is -2.21. The highest BCUT2D eigenvalue weighted by atomic mass is 16.7.